The number of nitrogens with one attached hydrogen (secondary N) is 3. The van der Waals surface area contributed by atoms with Crippen molar-refractivity contribution in [3.05, 3.63) is 0 Å². The first-order valence-corrected chi connectivity index (χ1v) is 8.49. The van der Waals surface area contributed by atoms with E-state index in [0.29, 0.717) is 0 Å². The van der Waals surface area contributed by atoms with Gasteiger partial charge in [-0.2, -0.15) is 0 Å². The van der Waals surface area contributed by atoms with E-state index < -0.39 is 0 Å². The third-order valence-electron chi connectivity index (χ3n) is 5.16. The van der Waals surface area contributed by atoms with Crippen molar-refractivity contribution < 1.29 is 4.79 Å². The second-order valence-electron chi connectivity index (χ2n) is 8.39. The van der Waals surface area contributed by atoms with Gasteiger partial charge in [-0.25, -0.2) is 0 Å². The molecule has 21 heavy (non-hydrogen) atoms. The van der Waals surface area contributed by atoms with E-state index in [1.165, 1.54) is 0 Å². The molecule has 1 unspecified atom stereocenters. The lowest BCUT2D eigenvalue weighted by Gasteiger charge is -2.47. The number of carbonyl (C=O) groups is 1. The monoisotopic (exact) mass is 295 g/mol. The molecule has 122 valence electrons. The highest BCUT2D eigenvalue weighted by Gasteiger charge is 2.42. The molecule has 0 aliphatic carbocycles. The number of hydrogen-bond acceptors (Lipinski definition) is 3. The summed E-state index contributed by atoms with van der Waals surface area (Å²) >= 11 is 0. The quantitative estimate of drug-likeness (QED) is 0.748. The molecular weight excluding hydrogens is 262 g/mol. The smallest absolute Gasteiger partial charge is 0.227 e. The Hall–Kier alpha value is -0.610. The summed E-state index contributed by atoms with van der Waals surface area (Å²) in [5.41, 5.74) is -0.0504. The molecule has 0 saturated carbocycles. The fourth-order valence-corrected chi connectivity index (χ4v) is 4.39. The van der Waals surface area contributed by atoms with Gasteiger partial charge in [0.2, 0.25) is 5.91 Å². The van der Waals surface area contributed by atoms with Crippen LogP contribution in [0.15, 0.2) is 0 Å². The third-order valence-corrected chi connectivity index (χ3v) is 5.16. The first-order chi connectivity index (χ1) is 9.68. The molecule has 4 heteroatoms. The number of hydrogen-bond donors (Lipinski definition) is 3. The van der Waals surface area contributed by atoms with Crippen LogP contribution in [0, 0.1) is 5.41 Å². The van der Waals surface area contributed by atoms with Crippen LogP contribution in [0.3, 0.4) is 0 Å². The zero-order valence-electron chi connectivity index (χ0n) is 14.4. The largest absolute Gasteiger partial charge is 0.353 e. The molecule has 0 aromatic carbocycles. The Balaban J connectivity index is 2.04. The average molecular weight is 295 g/mol. The maximum Gasteiger partial charge on any atom is 0.227 e. The predicted molar refractivity (Wildman–Crippen MR) is 87.3 cm³/mol. The van der Waals surface area contributed by atoms with Gasteiger partial charge in [-0.15, -0.1) is 0 Å². The molecule has 2 rings (SSSR count). The normalized spacial score (nSPS) is 32.6. The SMILES string of the molecule is CCC1(C(=O)NC2CC(C)(C)NC(C)(C)C2)CCCNC1. The summed E-state index contributed by atoms with van der Waals surface area (Å²) in [7, 11) is 0. The van der Waals surface area contributed by atoms with Crippen molar-refractivity contribution in [2.75, 3.05) is 13.1 Å². The van der Waals surface area contributed by atoms with Gasteiger partial charge in [0.15, 0.2) is 0 Å². The summed E-state index contributed by atoms with van der Waals surface area (Å²) in [6.45, 7) is 12.9. The minimum Gasteiger partial charge on any atom is -0.353 e. The molecule has 0 bridgehead atoms. The topological polar surface area (TPSA) is 53.2 Å². The Labute approximate surface area is 129 Å². The third kappa shape index (κ3) is 3.98. The summed E-state index contributed by atoms with van der Waals surface area (Å²) in [6.07, 6.45) is 5.03. The molecule has 2 saturated heterocycles. The van der Waals surface area contributed by atoms with E-state index >= 15 is 0 Å². The second kappa shape index (κ2) is 5.88. The molecule has 2 aliphatic rings. The fourth-order valence-electron chi connectivity index (χ4n) is 4.39. The van der Waals surface area contributed by atoms with Gasteiger partial charge < -0.3 is 16.0 Å². The van der Waals surface area contributed by atoms with Crippen molar-refractivity contribution in [2.45, 2.75) is 83.8 Å². The van der Waals surface area contributed by atoms with E-state index in [0.717, 1.165) is 45.2 Å². The Bertz CT molecular complexity index is 367. The molecule has 2 heterocycles. The first-order valence-electron chi connectivity index (χ1n) is 8.49. The van der Waals surface area contributed by atoms with Crippen LogP contribution < -0.4 is 16.0 Å². The zero-order chi connectivity index (χ0) is 15.7. The summed E-state index contributed by atoms with van der Waals surface area (Å²) < 4.78 is 0. The summed E-state index contributed by atoms with van der Waals surface area (Å²) in [5, 5.41) is 10.5. The average Bonchev–Trinajstić information content (AvgIpc) is 2.35. The lowest BCUT2D eigenvalue weighted by atomic mass is 9.75. The van der Waals surface area contributed by atoms with Gasteiger partial charge in [0.1, 0.15) is 0 Å². The number of carbonyl (C=O) groups excluding carboxylic acids is 1. The van der Waals surface area contributed by atoms with Crippen LogP contribution in [-0.2, 0) is 4.79 Å². The molecule has 3 N–H and O–H groups in total. The van der Waals surface area contributed by atoms with Crippen molar-refractivity contribution in [2.24, 2.45) is 5.41 Å². The first kappa shape index (κ1) is 16.8. The maximum absolute atomic E-state index is 12.9. The molecule has 1 atom stereocenters. The van der Waals surface area contributed by atoms with Crippen LogP contribution >= 0.6 is 0 Å². The van der Waals surface area contributed by atoms with Gasteiger partial charge in [0.25, 0.3) is 0 Å². The van der Waals surface area contributed by atoms with Crippen molar-refractivity contribution >= 4 is 5.91 Å². The van der Waals surface area contributed by atoms with E-state index in [2.05, 4.69) is 50.6 Å². The van der Waals surface area contributed by atoms with Crippen molar-refractivity contribution in [1.29, 1.82) is 0 Å². The van der Waals surface area contributed by atoms with Crippen LogP contribution in [0.4, 0.5) is 0 Å². The summed E-state index contributed by atoms with van der Waals surface area (Å²) in [5.74, 6) is 0.260. The summed E-state index contributed by atoms with van der Waals surface area (Å²) in [4.78, 5) is 12.9. The summed E-state index contributed by atoms with van der Waals surface area (Å²) in [6, 6.07) is 0.272. The Kier molecular flexibility index (Phi) is 4.69. The van der Waals surface area contributed by atoms with Gasteiger partial charge in [-0.05, 0) is 66.3 Å². The van der Waals surface area contributed by atoms with Gasteiger partial charge in [0.05, 0.1) is 5.41 Å². The molecule has 0 aromatic rings. The number of piperidine rings is 2. The minimum absolute atomic E-state index is 0.0733. The van der Waals surface area contributed by atoms with Crippen LogP contribution in [0.5, 0.6) is 0 Å². The number of rotatable bonds is 3. The van der Waals surface area contributed by atoms with Crippen LogP contribution in [0.2, 0.25) is 0 Å². The van der Waals surface area contributed by atoms with Crippen LogP contribution in [0.1, 0.15) is 66.7 Å². The predicted octanol–water partition coefficient (Wildman–Crippen LogP) is 2.19. The minimum atomic E-state index is -0.197. The van der Waals surface area contributed by atoms with E-state index in [9.17, 15) is 4.79 Å². The lowest BCUT2D eigenvalue weighted by Crippen LogP contribution is -2.63. The Morgan fingerprint density at radius 2 is 1.81 bits per heavy atom. The highest BCUT2D eigenvalue weighted by Crippen LogP contribution is 2.33. The van der Waals surface area contributed by atoms with E-state index in [4.69, 9.17) is 0 Å². The van der Waals surface area contributed by atoms with Gasteiger partial charge >= 0.3 is 0 Å². The highest BCUT2D eigenvalue weighted by atomic mass is 16.2. The molecule has 0 radical (unpaired) electrons. The standard InChI is InChI=1S/C17H33N3O/c1-6-17(8-7-9-18-12-17)14(21)19-13-10-15(2,3)20-16(4,5)11-13/h13,18,20H,6-12H2,1-5H3,(H,19,21). The van der Waals surface area contributed by atoms with Gasteiger partial charge in [-0.3, -0.25) is 4.79 Å². The number of amides is 1. The maximum atomic E-state index is 12.9. The zero-order valence-corrected chi connectivity index (χ0v) is 14.4. The van der Waals surface area contributed by atoms with Gasteiger partial charge in [-0.1, -0.05) is 6.92 Å². The second-order valence-corrected chi connectivity index (χ2v) is 8.39. The Morgan fingerprint density at radius 1 is 1.19 bits per heavy atom. The lowest BCUT2D eigenvalue weighted by molar-refractivity contribution is -0.133. The molecule has 0 spiro atoms. The van der Waals surface area contributed by atoms with E-state index in [1.54, 1.807) is 0 Å². The van der Waals surface area contributed by atoms with E-state index in [-0.39, 0.29) is 28.4 Å². The molecule has 1 amide bonds. The molecule has 2 aliphatic heterocycles. The molecular formula is C17H33N3O. The van der Waals surface area contributed by atoms with Crippen molar-refractivity contribution in [3.8, 4) is 0 Å². The van der Waals surface area contributed by atoms with Crippen LogP contribution in [0.25, 0.3) is 0 Å². The van der Waals surface area contributed by atoms with Crippen molar-refractivity contribution in [3.63, 3.8) is 0 Å². The Morgan fingerprint density at radius 3 is 2.29 bits per heavy atom. The molecule has 0 aromatic heterocycles. The van der Waals surface area contributed by atoms with Crippen LogP contribution in [-0.4, -0.2) is 36.1 Å². The van der Waals surface area contributed by atoms with Gasteiger partial charge in [0, 0.05) is 23.7 Å². The molecule has 2 fully saturated rings. The van der Waals surface area contributed by atoms with Crippen molar-refractivity contribution in [1.82, 2.24) is 16.0 Å². The fraction of sp³-hybridized carbons (Fsp3) is 0.941. The van der Waals surface area contributed by atoms with E-state index in [1.807, 2.05) is 0 Å². The highest BCUT2D eigenvalue weighted by molar-refractivity contribution is 5.83. The molecule has 4 nitrogen and oxygen atoms in total.